The summed E-state index contributed by atoms with van der Waals surface area (Å²) in [5.74, 6) is 2.37. The summed E-state index contributed by atoms with van der Waals surface area (Å²) < 4.78 is 16.4. The number of thiazole rings is 1. The van der Waals surface area contributed by atoms with E-state index in [1.807, 2.05) is 66.9 Å². The number of benzene rings is 2. The third-order valence-corrected chi connectivity index (χ3v) is 5.65. The number of amides is 1. The number of nitrogens with zero attached hydrogens (tertiary/aromatic N) is 2. The molecule has 0 atom stereocenters. The van der Waals surface area contributed by atoms with Crippen molar-refractivity contribution in [1.82, 2.24) is 9.97 Å². The molecule has 0 unspecified atom stereocenters. The van der Waals surface area contributed by atoms with Gasteiger partial charge in [0.1, 0.15) is 5.75 Å². The topological polar surface area (TPSA) is 82.6 Å². The van der Waals surface area contributed by atoms with Crippen molar-refractivity contribution in [1.29, 1.82) is 0 Å². The molecule has 0 aliphatic heterocycles. The van der Waals surface area contributed by atoms with E-state index in [1.54, 1.807) is 20.4 Å². The van der Waals surface area contributed by atoms with Crippen LogP contribution in [0.1, 0.15) is 11.1 Å². The average Bonchev–Trinajstić information content (AvgIpc) is 3.29. The summed E-state index contributed by atoms with van der Waals surface area (Å²) in [6, 6.07) is 16.8. The zero-order valence-corrected chi connectivity index (χ0v) is 19.3. The van der Waals surface area contributed by atoms with Gasteiger partial charge in [0.05, 0.1) is 26.3 Å². The lowest BCUT2D eigenvalue weighted by Gasteiger charge is -2.08. The molecule has 0 saturated carbocycles. The molecule has 0 fully saturated rings. The molecule has 2 heterocycles. The fourth-order valence-electron chi connectivity index (χ4n) is 3.17. The van der Waals surface area contributed by atoms with Crippen LogP contribution in [0, 0.1) is 6.92 Å². The van der Waals surface area contributed by atoms with Gasteiger partial charge < -0.3 is 19.5 Å². The van der Waals surface area contributed by atoms with Crippen LogP contribution in [-0.4, -0.2) is 30.1 Å². The standard InChI is InChI=1S/C25H23N3O4S/c1-16-5-4-12-26-24(16)32-19-9-6-17(7-10-19)13-23(29)28-25-27-20(15-33-25)18-8-11-21(30-2)22(14-18)31-3/h4-12,14-15H,13H2,1-3H3,(H,27,28,29). The largest absolute Gasteiger partial charge is 0.493 e. The molecule has 0 saturated heterocycles. The monoisotopic (exact) mass is 461 g/mol. The highest BCUT2D eigenvalue weighted by molar-refractivity contribution is 7.14. The smallest absolute Gasteiger partial charge is 0.230 e. The van der Waals surface area contributed by atoms with Gasteiger partial charge in [-0.25, -0.2) is 9.97 Å². The maximum Gasteiger partial charge on any atom is 0.230 e. The van der Waals surface area contributed by atoms with Crippen molar-refractivity contribution >= 4 is 22.4 Å². The van der Waals surface area contributed by atoms with E-state index in [9.17, 15) is 4.79 Å². The molecule has 0 aliphatic rings. The first-order valence-corrected chi connectivity index (χ1v) is 11.1. The Balaban J connectivity index is 1.37. The summed E-state index contributed by atoms with van der Waals surface area (Å²) in [5.41, 5.74) is 3.46. The molecular formula is C25H23N3O4S. The molecule has 2 aromatic carbocycles. The Bertz CT molecular complexity index is 1250. The van der Waals surface area contributed by atoms with Crippen LogP contribution < -0.4 is 19.5 Å². The third kappa shape index (κ3) is 5.48. The van der Waals surface area contributed by atoms with Crippen LogP contribution in [0.5, 0.6) is 23.1 Å². The Morgan fingerprint density at radius 1 is 1.03 bits per heavy atom. The number of nitrogens with one attached hydrogen (secondary N) is 1. The Morgan fingerprint density at radius 3 is 2.55 bits per heavy atom. The number of carbonyl (C=O) groups excluding carboxylic acids is 1. The minimum Gasteiger partial charge on any atom is -0.493 e. The number of methoxy groups -OCH3 is 2. The van der Waals surface area contributed by atoms with Gasteiger partial charge in [-0.15, -0.1) is 11.3 Å². The van der Waals surface area contributed by atoms with Crippen molar-refractivity contribution in [2.45, 2.75) is 13.3 Å². The lowest BCUT2D eigenvalue weighted by molar-refractivity contribution is -0.115. The van der Waals surface area contributed by atoms with Crippen molar-refractivity contribution in [2.24, 2.45) is 0 Å². The van der Waals surface area contributed by atoms with Crippen LogP contribution in [0.4, 0.5) is 5.13 Å². The fraction of sp³-hybridized carbons (Fsp3) is 0.160. The maximum absolute atomic E-state index is 12.5. The van der Waals surface area contributed by atoms with Crippen LogP contribution in [0.15, 0.2) is 66.2 Å². The number of aryl methyl sites for hydroxylation is 1. The first-order chi connectivity index (χ1) is 16.1. The summed E-state index contributed by atoms with van der Waals surface area (Å²) in [6.45, 7) is 1.94. The zero-order chi connectivity index (χ0) is 23.2. The summed E-state index contributed by atoms with van der Waals surface area (Å²) in [6.07, 6.45) is 1.92. The first-order valence-electron chi connectivity index (χ1n) is 10.2. The van der Waals surface area contributed by atoms with E-state index >= 15 is 0 Å². The highest BCUT2D eigenvalue weighted by Crippen LogP contribution is 2.33. The summed E-state index contributed by atoms with van der Waals surface area (Å²) in [4.78, 5) is 21.3. The molecule has 7 nitrogen and oxygen atoms in total. The molecule has 4 rings (SSSR count). The van der Waals surface area contributed by atoms with Crippen LogP contribution in [-0.2, 0) is 11.2 Å². The molecule has 168 valence electrons. The lowest BCUT2D eigenvalue weighted by Crippen LogP contribution is -2.14. The highest BCUT2D eigenvalue weighted by Gasteiger charge is 2.12. The first kappa shape index (κ1) is 22.3. The Kier molecular flexibility index (Phi) is 6.85. The normalized spacial score (nSPS) is 10.5. The van der Waals surface area contributed by atoms with Gasteiger partial charge in [0, 0.05) is 22.7 Å². The van der Waals surface area contributed by atoms with Gasteiger partial charge in [0.2, 0.25) is 11.8 Å². The van der Waals surface area contributed by atoms with E-state index in [0.717, 1.165) is 22.4 Å². The fourth-order valence-corrected chi connectivity index (χ4v) is 3.91. The van der Waals surface area contributed by atoms with Crippen molar-refractivity contribution < 1.29 is 19.0 Å². The predicted molar refractivity (Wildman–Crippen MR) is 128 cm³/mol. The van der Waals surface area contributed by atoms with Gasteiger partial charge in [0.25, 0.3) is 0 Å². The van der Waals surface area contributed by atoms with E-state index in [1.165, 1.54) is 11.3 Å². The van der Waals surface area contributed by atoms with Gasteiger partial charge in [-0.05, 0) is 48.9 Å². The number of carbonyl (C=O) groups is 1. The number of pyridine rings is 1. The number of aromatic nitrogens is 2. The lowest BCUT2D eigenvalue weighted by atomic mass is 10.1. The van der Waals surface area contributed by atoms with Crippen molar-refractivity contribution in [3.05, 3.63) is 77.3 Å². The third-order valence-electron chi connectivity index (χ3n) is 4.89. The van der Waals surface area contributed by atoms with E-state index in [2.05, 4.69) is 15.3 Å². The molecule has 0 spiro atoms. The SMILES string of the molecule is COc1ccc(-c2csc(NC(=O)Cc3ccc(Oc4ncccc4C)cc3)n2)cc1OC. The van der Waals surface area contributed by atoms with Gasteiger partial charge in [-0.2, -0.15) is 0 Å². The second-order valence-electron chi connectivity index (χ2n) is 7.20. The molecule has 1 N–H and O–H groups in total. The minimum atomic E-state index is -0.141. The van der Waals surface area contributed by atoms with E-state index < -0.39 is 0 Å². The molecule has 0 radical (unpaired) electrons. The van der Waals surface area contributed by atoms with Gasteiger partial charge in [0.15, 0.2) is 16.6 Å². The Morgan fingerprint density at radius 2 is 1.82 bits per heavy atom. The van der Waals surface area contributed by atoms with Crippen molar-refractivity contribution in [3.8, 4) is 34.4 Å². The number of anilines is 1. The average molecular weight is 462 g/mol. The molecule has 4 aromatic rings. The summed E-state index contributed by atoms with van der Waals surface area (Å²) in [5, 5.41) is 5.29. The predicted octanol–water partition coefficient (Wildman–Crippen LogP) is 5.50. The second kappa shape index (κ2) is 10.1. The molecular weight excluding hydrogens is 438 g/mol. The van der Waals surface area contributed by atoms with E-state index in [0.29, 0.717) is 28.3 Å². The van der Waals surface area contributed by atoms with Crippen LogP contribution in [0.25, 0.3) is 11.3 Å². The quantitative estimate of drug-likeness (QED) is 0.373. The van der Waals surface area contributed by atoms with E-state index in [-0.39, 0.29) is 12.3 Å². The minimum absolute atomic E-state index is 0.141. The van der Waals surface area contributed by atoms with Gasteiger partial charge in [-0.1, -0.05) is 18.2 Å². The Labute approximate surface area is 196 Å². The number of hydrogen-bond acceptors (Lipinski definition) is 7. The van der Waals surface area contributed by atoms with Gasteiger partial charge in [-0.3, -0.25) is 4.79 Å². The molecule has 33 heavy (non-hydrogen) atoms. The second-order valence-corrected chi connectivity index (χ2v) is 8.06. The van der Waals surface area contributed by atoms with Crippen LogP contribution in [0.3, 0.4) is 0 Å². The summed E-state index contributed by atoms with van der Waals surface area (Å²) >= 11 is 1.37. The van der Waals surface area contributed by atoms with Crippen LogP contribution in [0.2, 0.25) is 0 Å². The van der Waals surface area contributed by atoms with Crippen LogP contribution >= 0.6 is 11.3 Å². The van der Waals surface area contributed by atoms with Crippen molar-refractivity contribution in [3.63, 3.8) is 0 Å². The molecule has 2 aromatic heterocycles. The highest BCUT2D eigenvalue weighted by atomic mass is 32.1. The zero-order valence-electron chi connectivity index (χ0n) is 18.5. The summed E-state index contributed by atoms with van der Waals surface area (Å²) in [7, 11) is 3.18. The molecule has 0 aliphatic carbocycles. The van der Waals surface area contributed by atoms with Gasteiger partial charge >= 0.3 is 0 Å². The maximum atomic E-state index is 12.5. The molecule has 0 bridgehead atoms. The number of rotatable bonds is 8. The van der Waals surface area contributed by atoms with E-state index in [4.69, 9.17) is 14.2 Å². The number of ether oxygens (including phenoxy) is 3. The van der Waals surface area contributed by atoms with Crippen molar-refractivity contribution in [2.75, 3.05) is 19.5 Å². The molecule has 8 heteroatoms. The number of hydrogen-bond donors (Lipinski definition) is 1. The molecule has 1 amide bonds. The Hall–Kier alpha value is -3.91.